The number of likely N-dealkylation sites (tertiary alicyclic amines) is 1. The van der Waals surface area contributed by atoms with Crippen molar-refractivity contribution in [1.82, 2.24) is 9.80 Å². The predicted octanol–water partition coefficient (Wildman–Crippen LogP) is 0.825. The molecule has 64 valence electrons. The summed E-state index contributed by atoms with van der Waals surface area (Å²) in [6.45, 7) is 4.35. The Hall–Kier alpha value is -0.730. The van der Waals surface area contributed by atoms with Crippen molar-refractivity contribution in [1.29, 1.82) is 5.41 Å². The Morgan fingerprint density at radius 1 is 1.55 bits per heavy atom. The number of nitrogens with one attached hydrogen (secondary N) is 1. The molecule has 0 aliphatic carbocycles. The van der Waals surface area contributed by atoms with Crippen molar-refractivity contribution in [3.8, 4) is 0 Å². The molecule has 1 atom stereocenters. The average molecular weight is 155 g/mol. The van der Waals surface area contributed by atoms with Gasteiger partial charge >= 0.3 is 0 Å². The minimum Gasteiger partial charge on any atom is -0.349 e. The molecule has 0 aromatic rings. The summed E-state index contributed by atoms with van der Waals surface area (Å²) >= 11 is 0. The largest absolute Gasteiger partial charge is 0.349 e. The van der Waals surface area contributed by atoms with Crippen LogP contribution in [0.2, 0.25) is 0 Å². The minimum absolute atomic E-state index is 0.648. The van der Waals surface area contributed by atoms with E-state index in [1.54, 1.807) is 0 Å². The first-order valence-corrected chi connectivity index (χ1v) is 4.12. The Bertz CT molecular complexity index is 153. The summed E-state index contributed by atoms with van der Waals surface area (Å²) in [6, 6.07) is 0. The second kappa shape index (κ2) is 3.11. The monoisotopic (exact) mass is 155 g/mol. The van der Waals surface area contributed by atoms with Gasteiger partial charge in [0, 0.05) is 27.2 Å². The fraction of sp³-hybridized carbons (Fsp3) is 0.875. The first-order chi connectivity index (χ1) is 5.11. The van der Waals surface area contributed by atoms with E-state index in [1.807, 2.05) is 19.0 Å². The number of rotatable bonds is 0. The average Bonchev–Trinajstić information content (AvgIpc) is 2.34. The molecule has 1 heterocycles. The molecular weight excluding hydrogens is 138 g/mol. The quantitative estimate of drug-likeness (QED) is 0.415. The molecule has 1 N–H and O–H groups in total. The van der Waals surface area contributed by atoms with Crippen LogP contribution in [0.5, 0.6) is 0 Å². The standard InChI is InChI=1S/C8H17N3/c1-7-4-5-11(6-7)8(9)10(2)3/h7,9H,4-6H2,1-3H3. The maximum atomic E-state index is 7.68. The lowest BCUT2D eigenvalue weighted by molar-refractivity contribution is 0.414. The van der Waals surface area contributed by atoms with Gasteiger partial charge in [0.05, 0.1) is 0 Å². The van der Waals surface area contributed by atoms with Crippen LogP contribution >= 0.6 is 0 Å². The molecule has 1 fully saturated rings. The fourth-order valence-electron chi connectivity index (χ4n) is 1.41. The summed E-state index contributed by atoms with van der Waals surface area (Å²) in [4.78, 5) is 3.99. The summed E-state index contributed by atoms with van der Waals surface area (Å²) in [5.74, 6) is 1.41. The van der Waals surface area contributed by atoms with E-state index < -0.39 is 0 Å². The van der Waals surface area contributed by atoms with Gasteiger partial charge in [0.2, 0.25) is 0 Å². The van der Waals surface area contributed by atoms with E-state index in [0.29, 0.717) is 5.96 Å². The van der Waals surface area contributed by atoms with Crippen molar-refractivity contribution in [3.05, 3.63) is 0 Å². The van der Waals surface area contributed by atoms with Gasteiger partial charge in [-0.1, -0.05) is 6.92 Å². The maximum absolute atomic E-state index is 7.68. The van der Waals surface area contributed by atoms with Crippen LogP contribution < -0.4 is 0 Å². The van der Waals surface area contributed by atoms with Crippen LogP contribution in [0.15, 0.2) is 0 Å². The Morgan fingerprint density at radius 3 is 2.55 bits per heavy atom. The van der Waals surface area contributed by atoms with Gasteiger partial charge in [-0.25, -0.2) is 0 Å². The van der Waals surface area contributed by atoms with Gasteiger partial charge in [0.25, 0.3) is 0 Å². The molecule has 0 amide bonds. The van der Waals surface area contributed by atoms with E-state index in [9.17, 15) is 0 Å². The molecule has 0 radical (unpaired) electrons. The number of hydrogen-bond donors (Lipinski definition) is 1. The third-order valence-corrected chi connectivity index (χ3v) is 2.15. The fourth-order valence-corrected chi connectivity index (χ4v) is 1.41. The molecule has 0 aromatic carbocycles. The van der Waals surface area contributed by atoms with Crippen LogP contribution in [0.1, 0.15) is 13.3 Å². The molecule has 1 unspecified atom stereocenters. The Labute approximate surface area is 68.5 Å². The Balaban J connectivity index is 2.43. The lowest BCUT2D eigenvalue weighted by Gasteiger charge is -2.24. The van der Waals surface area contributed by atoms with Gasteiger partial charge in [-0.05, 0) is 12.3 Å². The Morgan fingerprint density at radius 2 is 2.18 bits per heavy atom. The van der Waals surface area contributed by atoms with Crippen LogP contribution in [0.4, 0.5) is 0 Å². The molecule has 0 saturated carbocycles. The predicted molar refractivity (Wildman–Crippen MR) is 46.8 cm³/mol. The van der Waals surface area contributed by atoms with Crippen molar-refractivity contribution < 1.29 is 0 Å². The van der Waals surface area contributed by atoms with E-state index in [2.05, 4.69) is 11.8 Å². The second-order valence-electron chi connectivity index (χ2n) is 3.56. The summed E-state index contributed by atoms with van der Waals surface area (Å²) < 4.78 is 0. The lowest BCUT2D eigenvalue weighted by atomic mass is 10.2. The van der Waals surface area contributed by atoms with Gasteiger partial charge in [-0.3, -0.25) is 5.41 Å². The number of guanidine groups is 1. The zero-order chi connectivity index (χ0) is 8.43. The van der Waals surface area contributed by atoms with Crippen LogP contribution in [0.25, 0.3) is 0 Å². The highest BCUT2D eigenvalue weighted by molar-refractivity contribution is 5.76. The Kier molecular flexibility index (Phi) is 2.37. The first kappa shape index (κ1) is 8.37. The van der Waals surface area contributed by atoms with Crippen molar-refractivity contribution in [2.75, 3.05) is 27.2 Å². The number of nitrogens with zero attached hydrogens (tertiary/aromatic N) is 2. The van der Waals surface area contributed by atoms with Gasteiger partial charge in [-0.2, -0.15) is 0 Å². The zero-order valence-electron chi connectivity index (χ0n) is 7.59. The van der Waals surface area contributed by atoms with Crippen molar-refractivity contribution in [2.45, 2.75) is 13.3 Å². The summed E-state index contributed by atoms with van der Waals surface area (Å²) in [7, 11) is 3.84. The summed E-state index contributed by atoms with van der Waals surface area (Å²) in [6.07, 6.45) is 1.23. The summed E-state index contributed by atoms with van der Waals surface area (Å²) in [5.41, 5.74) is 0. The van der Waals surface area contributed by atoms with E-state index in [0.717, 1.165) is 19.0 Å². The van der Waals surface area contributed by atoms with E-state index in [1.165, 1.54) is 6.42 Å². The smallest absolute Gasteiger partial charge is 0.193 e. The van der Waals surface area contributed by atoms with Gasteiger partial charge in [0.15, 0.2) is 5.96 Å². The molecule has 1 aliphatic rings. The molecule has 0 spiro atoms. The molecule has 3 nitrogen and oxygen atoms in total. The molecule has 0 bridgehead atoms. The van der Waals surface area contributed by atoms with Crippen LogP contribution in [-0.4, -0.2) is 42.9 Å². The van der Waals surface area contributed by atoms with E-state index in [4.69, 9.17) is 5.41 Å². The summed E-state index contributed by atoms with van der Waals surface area (Å²) in [5, 5.41) is 7.68. The second-order valence-corrected chi connectivity index (χ2v) is 3.56. The van der Waals surface area contributed by atoms with Gasteiger partial charge < -0.3 is 9.80 Å². The van der Waals surface area contributed by atoms with Gasteiger partial charge in [0.1, 0.15) is 0 Å². The van der Waals surface area contributed by atoms with Crippen LogP contribution in [-0.2, 0) is 0 Å². The SMILES string of the molecule is CC1CCN(C(=N)N(C)C)C1. The van der Waals surface area contributed by atoms with E-state index in [-0.39, 0.29) is 0 Å². The topological polar surface area (TPSA) is 30.3 Å². The lowest BCUT2D eigenvalue weighted by Crippen LogP contribution is -2.38. The molecule has 1 rings (SSSR count). The first-order valence-electron chi connectivity index (χ1n) is 4.12. The van der Waals surface area contributed by atoms with Crippen molar-refractivity contribution in [2.24, 2.45) is 5.92 Å². The highest BCUT2D eigenvalue weighted by Gasteiger charge is 2.21. The van der Waals surface area contributed by atoms with Crippen molar-refractivity contribution >= 4 is 5.96 Å². The normalized spacial score (nSPS) is 23.9. The molecule has 3 heteroatoms. The highest BCUT2D eigenvalue weighted by Crippen LogP contribution is 2.15. The molecule has 1 aliphatic heterocycles. The zero-order valence-corrected chi connectivity index (χ0v) is 7.59. The molecule has 11 heavy (non-hydrogen) atoms. The third kappa shape index (κ3) is 1.85. The molecule has 0 aromatic heterocycles. The number of hydrogen-bond acceptors (Lipinski definition) is 1. The van der Waals surface area contributed by atoms with E-state index >= 15 is 0 Å². The third-order valence-electron chi connectivity index (χ3n) is 2.15. The maximum Gasteiger partial charge on any atom is 0.193 e. The minimum atomic E-state index is 0.648. The van der Waals surface area contributed by atoms with Crippen molar-refractivity contribution in [3.63, 3.8) is 0 Å². The molecule has 1 saturated heterocycles. The van der Waals surface area contributed by atoms with Crippen LogP contribution in [0, 0.1) is 11.3 Å². The van der Waals surface area contributed by atoms with Gasteiger partial charge in [-0.15, -0.1) is 0 Å². The van der Waals surface area contributed by atoms with Crippen LogP contribution in [0.3, 0.4) is 0 Å². The highest BCUT2D eigenvalue weighted by atomic mass is 15.3. The molecular formula is C8H17N3.